The van der Waals surface area contributed by atoms with Gasteiger partial charge in [0.25, 0.3) is 11.8 Å². The Morgan fingerprint density at radius 1 is 1.00 bits per heavy atom. The molecule has 3 N–H and O–H groups in total. The van der Waals surface area contributed by atoms with Gasteiger partial charge in [0.2, 0.25) is 0 Å². The van der Waals surface area contributed by atoms with Crippen molar-refractivity contribution in [1.82, 2.24) is 15.6 Å². The van der Waals surface area contributed by atoms with Gasteiger partial charge in [0, 0.05) is 24.5 Å². The molecule has 6 nitrogen and oxygen atoms in total. The van der Waals surface area contributed by atoms with E-state index in [9.17, 15) is 27.2 Å². The van der Waals surface area contributed by atoms with Crippen LogP contribution < -0.4 is 15.4 Å². The van der Waals surface area contributed by atoms with Gasteiger partial charge in [-0.05, 0) is 53.1 Å². The predicted octanol–water partition coefficient (Wildman–Crippen LogP) is 5.29. The van der Waals surface area contributed by atoms with Crippen molar-refractivity contribution in [1.29, 1.82) is 0 Å². The number of aromatic amines is 1. The van der Waals surface area contributed by atoms with Crippen LogP contribution in [0, 0.1) is 5.82 Å². The zero-order valence-electron chi connectivity index (χ0n) is 19.2. The number of H-pyrrole nitrogens is 1. The monoisotopic (exact) mass is 499 g/mol. The van der Waals surface area contributed by atoms with Crippen molar-refractivity contribution < 1.29 is 31.9 Å². The number of hydrogen-bond acceptors (Lipinski definition) is 3. The number of methoxy groups -OCH3 is 1. The summed E-state index contributed by atoms with van der Waals surface area (Å²) < 4.78 is 58.6. The van der Waals surface area contributed by atoms with Crippen molar-refractivity contribution >= 4 is 22.7 Å². The number of hydrogen-bond donors (Lipinski definition) is 3. The highest BCUT2D eigenvalue weighted by molar-refractivity contribution is 6.05. The van der Waals surface area contributed by atoms with Crippen LogP contribution in [0.2, 0.25) is 0 Å². The molecular weight excluding hydrogens is 478 g/mol. The minimum Gasteiger partial charge on any atom is -0.492 e. The van der Waals surface area contributed by atoms with E-state index in [0.29, 0.717) is 27.6 Å². The van der Waals surface area contributed by atoms with Gasteiger partial charge in [0.1, 0.15) is 5.69 Å². The van der Waals surface area contributed by atoms with Gasteiger partial charge in [0.05, 0.1) is 18.2 Å². The van der Waals surface area contributed by atoms with Crippen molar-refractivity contribution in [3.8, 4) is 16.9 Å². The normalized spacial score (nSPS) is 11.4. The third-order valence-corrected chi connectivity index (χ3v) is 5.66. The number of amides is 2. The van der Waals surface area contributed by atoms with E-state index in [-0.39, 0.29) is 29.5 Å². The van der Waals surface area contributed by atoms with Crippen LogP contribution in [-0.2, 0) is 12.7 Å². The molecule has 4 rings (SSSR count). The highest BCUT2D eigenvalue weighted by atomic mass is 19.4. The Morgan fingerprint density at radius 2 is 1.72 bits per heavy atom. The van der Waals surface area contributed by atoms with E-state index < -0.39 is 23.5 Å². The molecule has 1 heterocycles. The molecule has 0 saturated carbocycles. The molecule has 0 spiro atoms. The van der Waals surface area contributed by atoms with Gasteiger partial charge in [-0.2, -0.15) is 13.2 Å². The van der Waals surface area contributed by atoms with E-state index in [4.69, 9.17) is 4.74 Å². The standard InChI is InChI=1S/C26H21F4N3O3/c1-31-25(35)21-12-19-18(11-20(27)23(36-2)22(19)33-21)15-6-8-16(9-7-15)24(34)32-13-14-4-3-5-17(10-14)26(28,29)30/h3-12,33H,13H2,1-2H3,(H,31,35)(H,32,34). The number of fused-ring (bicyclic) bond motifs is 1. The van der Waals surface area contributed by atoms with Gasteiger partial charge in [-0.15, -0.1) is 0 Å². The molecule has 10 heteroatoms. The maximum atomic E-state index is 14.7. The maximum absolute atomic E-state index is 14.7. The minimum absolute atomic E-state index is 0.0329. The van der Waals surface area contributed by atoms with Crippen LogP contribution in [0.4, 0.5) is 17.6 Å². The fraction of sp³-hybridized carbons (Fsp3) is 0.154. The number of aromatic nitrogens is 1. The molecule has 4 aromatic rings. The number of halogens is 4. The van der Waals surface area contributed by atoms with Gasteiger partial charge >= 0.3 is 6.18 Å². The van der Waals surface area contributed by atoms with E-state index >= 15 is 0 Å². The first-order valence-corrected chi connectivity index (χ1v) is 10.8. The lowest BCUT2D eigenvalue weighted by molar-refractivity contribution is -0.137. The van der Waals surface area contributed by atoms with Gasteiger partial charge < -0.3 is 20.4 Å². The third-order valence-electron chi connectivity index (χ3n) is 5.66. The summed E-state index contributed by atoms with van der Waals surface area (Å²) in [5, 5.41) is 5.65. The number of nitrogens with one attached hydrogen (secondary N) is 3. The molecule has 0 bridgehead atoms. The topological polar surface area (TPSA) is 83.2 Å². The first-order chi connectivity index (χ1) is 17.1. The molecule has 0 aliphatic rings. The van der Waals surface area contributed by atoms with E-state index in [1.807, 2.05) is 0 Å². The molecule has 1 aromatic heterocycles. The zero-order chi connectivity index (χ0) is 26.0. The van der Waals surface area contributed by atoms with Crippen LogP contribution in [0.25, 0.3) is 22.0 Å². The molecule has 0 atom stereocenters. The van der Waals surface area contributed by atoms with Crippen LogP contribution >= 0.6 is 0 Å². The molecule has 0 radical (unpaired) electrons. The van der Waals surface area contributed by atoms with Gasteiger partial charge in [0.15, 0.2) is 11.6 Å². The quantitative estimate of drug-likeness (QED) is 0.315. The number of rotatable bonds is 6. The largest absolute Gasteiger partial charge is 0.492 e. The SMILES string of the molecule is CNC(=O)c1cc2c(-c3ccc(C(=O)NCc4cccc(C(F)(F)F)c4)cc3)cc(F)c(OC)c2[nH]1. The third kappa shape index (κ3) is 4.88. The summed E-state index contributed by atoms with van der Waals surface area (Å²) >= 11 is 0. The first-order valence-electron chi connectivity index (χ1n) is 10.8. The molecule has 3 aromatic carbocycles. The summed E-state index contributed by atoms with van der Waals surface area (Å²) in [4.78, 5) is 27.5. The summed E-state index contributed by atoms with van der Waals surface area (Å²) in [6.45, 7) is -0.0829. The second-order valence-corrected chi connectivity index (χ2v) is 7.95. The minimum atomic E-state index is -4.47. The van der Waals surface area contributed by atoms with Crippen molar-refractivity contribution in [3.63, 3.8) is 0 Å². The number of benzene rings is 3. The Balaban J connectivity index is 1.58. The molecular formula is C26H21F4N3O3. The number of carbonyl (C=O) groups excluding carboxylic acids is 2. The molecule has 0 aliphatic heterocycles. The summed E-state index contributed by atoms with van der Waals surface area (Å²) in [5.74, 6) is -1.52. The van der Waals surface area contributed by atoms with E-state index in [2.05, 4.69) is 15.6 Å². The second kappa shape index (κ2) is 9.73. The second-order valence-electron chi connectivity index (χ2n) is 7.95. The van der Waals surface area contributed by atoms with E-state index in [1.54, 1.807) is 18.2 Å². The lowest BCUT2D eigenvalue weighted by atomic mass is 9.99. The number of alkyl halides is 3. The summed E-state index contributed by atoms with van der Waals surface area (Å²) in [6.07, 6.45) is -4.47. The number of ether oxygens (including phenoxy) is 1. The first kappa shape index (κ1) is 24.8. The van der Waals surface area contributed by atoms with Crippen molar-refractivity contribution in [3.05, 3.63) is 88.9 Å². The zero-order valence-corrected chi connectivity index (χ0v) is 19.2. The van der Waals surface area contributed by atoms with Gasteiger partial charge in [-0.25, -0.2) is 4.39 Å². The fourth-order valence-electron chi connectivity index (χ4n) is 3.87. The smallest absolute Gasteiger partial charge is 0.416 e. The summed E-state index contributed by atoms with van der Waals surface area (Å²) in [6, 6.07) is 13.9. The highest BCUT2D eigenvalue weighted by Crippen LogP contribution is 2.37. The van der Waals surface area contributed by atoms with Crippen molar-refractivity contribution in [2.45, 2.75) is 12.7 Å². The predicted molar refractivity (Wildman–Crippen MR) is 126 cm³/mol. The number of carbonyl (C=O) groups is 2. The highest BCUT2D eigenvalue weighted by Gasteiger charge is 2.30. The Bertz CT molecular complexity index is 1440. The van der Waals surface area contributed by atoms with Crippen LogP contribution in [-0.4, -0.2) is 31.0 Å². The average Bonchev–Trinajstić information content (AvgIpc) is 3.31. The Hall–Kier alpha value is -4.34. The van der Waals surface area contributed by atoms with Crippen LogP contribution in [0.5, 0.6) is 5.75 Å². The van der Waals surface area contributed by atoms with E-state index in [1.165, 1.54) is 44.5 Å². The van der Waals surface area contributed by atoms with E-state index in [0.717, 1.165) is 12.1 Å². The molecule has 0 saturated heterocycles. The molecule has 0 aliphatic carbocycles. The fourth-order valence-corrected chi connectivity index (χ4v) is 3.87. The Labute approximate surface area is 203 Å². The van der Waals surface area contributed by atoms with Crippen molar-refractivity contribution in [2.24, 2.45) is 0 Å². The molecule has 186 valence electrons. The molecule has 2 amide bonds. The lowest BCUT2D eigenvalue weighted by Gasteiger charge is -2.11. The van der Waals surface area contributed by atoms with Crippen LogP contribution in [0.3, 0.4) is 0 Å². The van der Waals surface area contributed by atoms with Gasteiger partial charge in [-0.1, -0.05) is 24.3 Å². The van der Waals surface area contributed by atoms with Crippen LogP contribution in [0.15, 0.2) is 60.7 Å². The molecule has 36 heavy (non-hydrogen) atoms. The summed E-state index contributed by atoms with van der Waals surface area (Å²) in [5.41, 5.74) is 1.39. The summed E-state index contributed by atoms with van der Waals surface area (Å²) in [7, 11) is 2.80. The van der Waals surface area contributed by atoms with Crippen molar-refractivity contribution in [2.75, 3.05) is 14.2 Å². The maximum Gasteiger partial charge on any atom is 0.416 e. The Morgan fingerprint density at radius 3 is 2.36 bits per heavy atom. The molecule has 0 fully saturated rings. The molecule has 0 unspecified atom stereocenters. The lowest BCUT2D eigenvalue weighted by Crippen LogP contribution is -2.23. The average molecular weight is 499 g/mol. The van der Waals surface area contributed by atoms with Gasteiger partial charge in [-0.3, -0.25) is 9.59 Å². The Kier molecular flexibility index (Phi) is 6.69. The van der Waals surface area contributed by atoms with Crippen LogP contribution in [0.1, 0.15) is 32.0 Å².